The first-order valence-corrected chi connectivity index (χ1v) is 9.79. The summed E-state index contributed by atoms with van der Waals surface area (Å²) in [6.45, 7) is 4.98. The number of halogens is 1. The summed E-state index contributed by atoms with van der Waals surface area (Å²) in [6.07, 6.45) is -0.390. The SMILES string of the molecule is CC(C)c1ccc(S(=O)(=O)N2CCOC(c3ccc(F)cc3)C2)cc1. The second-order valence-corrected chi connectivity index (χ2v) is 8.44. The predicted molar refractivity (Wildman–Crippen MR) is 94.4 cm³/mol. The molecule has 25 heavy (non-hydrogen) atoms. The van der Waals surface area contributed by atoms with E-state index in [2.05, 4.69) is 13.8 Å². The number of rotatable bonds is 4. The predicted octanol–water partition coefficient (Wildman–Crippen LogP) is 3.71. The second-order valence-electron chi connectivity index (χ2n) is 6.50. The maximum absolute atomic E-state index is 13.1. The van der Waals surface area contributed by atoms with E-state index in [9.17, 15) is 12.8 Å². The molecule has 1 atom stereocenters. The van der Waals surface area contributed by atoms with Crippen LogP contribution in [0, 0.1) is 5.82 Å². The van der Waals surface area contributed by atoms with Crippen molar-refractivity contribution in [3.05, 3.63) is 65.5 Å². The van der Waals surface area contributed by atoms with Crippen molar-refractivity contribution in [3.63, 3.8) is 0 Å². The molecule has 6 heteroatoms. The van der Waals surface area contributed by atoms with Gasteiger partial charge in [0.2, 0.25) is 10.0 Å². The molecule has 1 unspecified atom stereocenters. The normalized spacial score (nSPS) is 19.3. The summed E-state index contributed by atoms with van der Waals surface area (Å²) in [5.41, 5.74) is 1.88. The van der Waals surface area contributed by atoms with Gasteiger partial charge < -0.3 is 4.74 Å². The zero-order chi connectivity index (χ0) is 18.0. The van der Waals surface area contributed by atoms with E-state index in [1.54, 1.807) is 24.3 Å². The lowest BCUT2D eigenvalue weighted by atomic mass is 10.0. The highest BCUT2D eigenvalue weighted by Gasteiger charge is 2.31. The van der Waals surface area contributed by atoms with Crippen molar-refractivity contribution in [2.75, 3.05) is 19.7 Å². The third-order valence-electron chi connectivity index (χ3n) is 4.46. The van der Waals surface area contributed by atoms with Crippen molar-refractivity contribution in [1.29, 1.82) is 0 Å². The minimum atomic E-state index is -3.57. The number of hydrogen-bond acceptors (Lipinski definition) is 3. The molecule has 1 saturated heterocycles. The van der Waals surface area contributed by atoms with E-state index in [1.807, 2.05) is 12.1 Å². The zero-order valence-corrected chi connectivity index (χ0v) is 15.2. The van der Waals surface area contributed by atoms with Gasteiger partial charge in [-0.15, -0.1) is 0 Å². The van der Waals surface area contributed by atoms with Gasteiger partial charge in [0, 0.05) is 13.1 Å². The number of ether oxygens (including phenoxy) is 1. The van der Waals surface area contributed by atoms with E-state index < -0.39 is 10.0 Å². The Morgan fingerprint density at radius 2 is 1.72 bits per heavy atom. The topological polar surface area (TPSA) is 46.6 Å². The van der Waals surface area contributed by atoms with E-state index in [0.717, 1.165) is 11.1 Å². The van der Waals surface area contributed by atoms with Crippen LogP contribution in [0.5, 0.6) is 0 Å². The number of morpholine rings is 1. The first-order valence-electron chi connectivity index (χ1n) is 8.35. The highest BCUT2D eigenvalue weighted by atomic mass is 32.2. The Labute approximate surface area is 148 Å². The second kappa shape index (κ2) is 7.23. The maximum Gasteiger partial charge on any atom is 0.243 e. The molecule has 0 radical (unpaired) electrons. The average molecular weight is 363 g/mol. The van der Waals surface area contributed by atoms with Crippen molar-refractivity contribution >= 4 is 10.0 Å². The lowest BCUT2D eigenvalue weighted by Crippen LogP contribution is -2.42. The molecule has 0 bridgehead atoms. The molecule has 134 valence electrons. The molecule has 0 aromatic heterocycles. The van der Waals surface area contributed by atoms with Gasteiger partial charge in [-0.25, -0.2) is 12.8 Å². The molecule has 1 aliphatic rings. The number of benzene rings is 2. The van der Waals surface area contributed by atoms with Crippen LogP contribution < -0.4 is 0 Å². The summed E-state index contributed by atoms with van der Waals surface area (Å²) in [6, 6.07) is 13.0. The Kier molecular flexibility index (Phi) is 5.22. The molecule has 0 saturated carbocycles. The van der Waals surface area contributed by atoms with Gasteiger partial charge in [-0.3, -0.25) is 0 Å². The van der Waals surface area contributed by atoms with Gasteiger partial charge in [0.1, 0.15) is 5.82 Å². The number of hydrogen-bond donors (Lipinski definition) is 0. The minimum Gasteiger partial charge on any atom is -0.371 e. The summed E-state index contributed by atoms with van der Waals surface area (Å²) in [5, 5.41) is 0. The van der Waals surface area contributed by atoms with Crippen LogP contribution in [0.2, 0.25) is 0 Å². The van der Waals surface area contributed by atoms with Crippen molar-refractivity contribution < 1.29 is 17.5 Å². The van der Waals surface area contributed by atoms with E-state index in [1.165, 1.54) is 16.4 Å². The molecular formula is C19H22FNO3S. The summed E-state index contributed by atoms with van der Waals surface area (Å²) < 4.78 is 46.0. The van der Waals surface area contributed by atoms with Crippen LogP contribution in [0.4, 0.5) is 4.39 Å². The van der Waals surface area contributed by atoms with E-state index >= 15 is 0 Å². The molecule has 0 amide bonds. The molecule has 4 nitrogen and oxygen atoms in total. The van der Waals surface area contributed by atoms with Crippen LogP contribution >= 0.6 is 0 Å². The Bertz CT molecular complexity index is 817. The van der Waals surface area contributed by atoms with Crippen LogP contribution in [0.25, 0.3) is 0 Å². The van der Waals surface area contributed by atoms with Crippen LogP contribution in [0.3, 0.4) is 0 Å². The number of nitrogens with zero attached hydrogens (tertiary/aromatic N) is 1. The van der Waals surface area contributed by atoms with Gasteiger partial charge in [-0.1, -0.05) is 38.1 Å². The number of sulfonamides is 1. The average Bonchev–Trinajstić information content (AvgIpc) is 2.62. The Balaban J connectivity index is 1.80. The van der Waals surface area contributed by atoms with Crippen LogP contribution in [0.1, 0.15) is 37.0 Å². The van der Waals surface area contributed by atoms with Crippen LogP contribution in [-0.4, -0.2) is 32.4 Å². The molecule has 1 fully saturated rings. The maximum atomic E-state index is 13.1. The first-order chi connectivity index (χ1) is 11.9. The van der Waals surface area contributed by atoms with Crippen molar-refractivity contribution in [1.82, 2.24) is 4.31 Å². The summed E-state index contributed by atoms with van der Waals surface area (Å²) in [4.78, 5) is 0.289. The first kappa shape index (κ1) is 18.0. The molecule has 3 rings (SSSR count). The van der Waals surface area contributed by atoms with Gasteiger partial charge in [-0.2, -0.15) is 4.31 Å². The van der Waals surface area contributed by atoms with Gasteiger partial charge in [0.15, 0.2) is 0 Å². The lowest BCUT2D eigenvalue weighted by Gasteiger charge is -2.32. The Morgan fingerprint density at radius 1 is 1.08 bits per heavy atom. The fraction of sp³-hybridized carbons (Fsp3) is 0.368. The molecule has 1 heterocycles. The van der Waals surface area contributed by atoms with Gasteiger partial charge in [0.25, 0.3) is 0 Å². The molecule has 2 aromatic rings. The van der Waals surface area contributed by atoms with Gasteiger partial charge in [0.05, 0.1) is 17.6 Å². The molecule has 0 aliphatic carbocycles. The fourth-order valence-electron chi connectivity index (χ4n) is 2.90. The van der Waals surface area contributed by atoms with Crippen LogP contribution in [-0.2, 0) is 14.8 Å². The van der Waals surface area contributed by atoms with Gasteiger partial charge >= 0.3 is 0 Å². The molecule has 2 aromatic carbocycles. The Morgan fingerprint density at radius 3 is 2.32 bits per heavy atom. The third kappa shape index (κ3) is 3.92. The monoisotopic (exact) mass is 363 g/mol. The van der Waals surface area contributed by atoms with Crippen LogP contribution in [0.15, 0.2) is 53.4 Å². The highest BCUT2D eigenvalue weighted by Crippen LogP contribution is 2.27. The summed E-state index contributed by atoms with van der Waals surface area (Å²) >= 11 is 0. The summed E-state index contributed by atoms with van der Waals surface area (Å²) in [5.74, 6) is 0.0253. The lowest BCUT2D eigenvalue weighted by molar-refractivity contribution is -0.00258. The smallest absolute Gasteiger partial charge is 0.243 e. The standard InChI is InChI=1S/C19H22FNO3S/c1-14(2)15-5-9-18(10-6-15)25(22,23)21-11-12-24-19(13-21)16-3-7-17(20)8-4-16/h3-10,14,19H,11-13H2,1-2H3. The highest BCUT2D eigenvalue weighted by molar-refractivity contribution is 7.89. The quantitative estimate of drug-likeness (QED) is 0.832. The van der Waals surface area contributed by atoms with E-state index in [-0.39, 0.29) is 23.4 Å². The molecule has 0 N–H and O–H groups in total. The minimum absolute atomic E-state index is 0.222. The van der Waals surface area contributed by atoms with Crippen molar-refractivity contribution in [2.45, 2.75) is 30.8 Å². The molecular weight excluding hydrogens is 341 g/mol. The zero-order valence-electron chi connectivity index (χ0n) is 14.4. The van der Waals surface area contributed by atoms with E-state index in [0.29, 0.717) is 19.1 Å². The van der Waals surface area contributed by atoms with Crippen molar-refractivity contribution in [2.24, 2.45) is 0 Å². The van der Waals surface area contributed by atoms with Crippen molar-refractivity contribution in [3.8, 4) is 0 Å². The third-order valence-corrected chi connectivity index (χ3v) is 6.33. The Hall–Kier alpha value is -1.76. The van der Waals surface area contributed by atoms with E-state index in [4.69, 9.17) is 4.74 Å². The largest absolute Gasteiger partial charge is 0.371 e. The molecule has 1 aliphatic heterocycles. The molecule has 0 spiro atoms. The fourth-order valence-corrected chi connectivity index (χ4v) is 4.32. The summed E-state index contributed by atoms with van der Waals surface area (Å²) in [7, 11) is -3.57. The van der Waals surface area contributed by atoms with Gasteiger partial charge in [-0.05, 0) is 41.3 Å².